The summed E-state index contributed by atoms with van der Waals surface area (Å²) in [4.78, 5) is 57.7. The molecular weight excluding hydrogens is 697 g/mol. The van der Waals surface area contributed by atoms with Gasteiger partial charge >= 0.3 is 12.2 Å². The van der Waals surface area contributed by atoms with Gasteiger partial charge in [-0.05, 0) is 82.4 Å². The summed E-state index contributed by atoms with van der Waals surface area (Å²) in [6.07, 6.45) is -0.272. The Bertz CT molecular complexity index is 1640. The lowest BCUT2D eigenvalue weighted by Gasteiger charge is -2.39. The molecule has 1 aliphatic heterocycles. The van der Waals surface area contributed by atoms with Crippen LogP contribution in [0, 0.1) is 11.8 Å². The number of likely N-dealkylation sites (tertiary alicyclic amines) is 1. The Kier molecular flexibility index (Phi) is 16.1. The molecule has 11 heteroatoms. The van der Waals surface area contributed by atoms with Crippen molar-refractivity contribution in [2.45, 2.75) is 110 Å². The van der Waals surface area contributed by atoms with Crippen LogP contribution in [0.5, 0.6) is 0 Å². The molecule has 1 aliphatic rings. The Labute approximate surface area is 326 Å². The molecular formula is C44H60N4O7. The Hall–Kier alpha value is -4.90. The molecule has 0 radical (unpaired) electrons. The Morgan fingerprint density at radius 3 is 1.85 bits per heavy atom. The highest BCUT2D eigenvalue weighted by Crippen LogP contribution is 2.23. The zero-order chi connectivity index (χ0) is 40.0. The molecule has 1 heterocycles. The van der Waals surface area contributed by atoms with E-state index in [1.807, 2.05) is 112 Å². The highest BCUT2D eigenvalue weighted by Gasteiger charge is 2.36. The van der Waals surface area contributed by atoms with E-state index in [-0.39, 0.29) is 42.9 Å². The monoisotopic (exact) mass is 756 g/mol. The molecule has 0 spiro atoms. The number of piperidine rings is 1. The van der Waals surface area contributed by atoms with Gasteiger partial charge in [0.25, 0.3) is 0 Å². The summed E-state index contributed by atoms with van der Waals surface area (Å²) in [6, 6.07) is 27.0. The van der Waals surface area contributed by atoms with Crippen molar-refractivity contribution < 1.29 is 33.8 Å². The second-order valence-electron chi connectivity index (χ2n) is 15.7. The summed E-state index contributed by atoms with van der Waals surface area (Å²) in [5, 5.41) is 17.6. The number of benzene rings is 3. The van der Waals surface area contributed by atoms with Crippen LogP contribution < -0.4 is 10.6 Å². The molecule has 1 fully saturated rings. The second kappa shape index (κ2) is 20.7. The first-order valence-corrected chi connectivity index (χ1v) is 19.6. The standard InChI is InChI=1S/C44H60N4O7/c1-7-48(43(53)54-30-34-21-15-10-16-22-34)36-23-25-47(26-24-36)41(51)39(31(2)3)46-40(50)35(27-32-17-11-8-12-18-32)29-38(49)37(28-33-19-13-9-14-20-33)45-42(52)55-44(4,5)6/h8-22,31,35-39,49H,7,23-30H2,1-6H3,(H,45,52)(H,46,50)/t35?,37?,38?,39-/m0/s1. The van der Waals surface area contributed by atoms with Crippen molar-refractivity contribution in [1.82, 2.24) is 20.4 Å². The fraction of sp³-hybridized carbons (Fsp3) is 0.500. The molecule has 3 unspecified atom stereocenters. The van der Waals surface area contributed by atoms with Crippen molar-refractivity contribution in [2.75, 3.05) is 19.6 Å². The number of nitrogens with one attached hydrogen (secondary N) is 2. The van der Waals surface area contributed by atoms with E-state index in [1.165, 1.54) is 0 Å². The number of alkyl carbamates (subject to hydrolysis) is 1. The van der Waals surface area contributed by atoms with Crippen LogP contribution >= 0.6 is 0 Å². The minimum atomic E-state index is -1.11. The third-order valence-corrected chi connectivity index (χ3v) is 9.91. The summed E-state index contributed by atoms with van der Waals surface area (Å²) >= 11 is 0. The number of aliphatic hydroxyl groups excluding tert-OH is 1. The van der Waals surface area contributed by atoms with Crippen LogP contribution in [0.15, 0.2) is 91.0 Å². The van der Waals surface area contributed by atoms with Gasteiger partial charge in [0.05, 0.1) is 12.1 Å². The fourth-order valence-corrected chi connectivity index (χ4v) is 6.97. The third-order valence-electron chi connectivity index (χ3n) is 9.91. The number of ether oxygens (including phenoxy) is 2. The van der Waals surface area contributed by atoms with Crippen molar-refractivity contribution in [1.29, 1.82) is 0 Å². The number of hydrogen-bond donors (Lipinski definition) is 3. The van der Waals surface area contributed by atoms with Gasteiger partial charge in [-0.2, -0.15) is 0 Å². The Morgan fingerprint density at radius 1 is 0.818 bits per heavy atom. The molecule has 4 atom stereocenters. The molecule has 3 aromatic rings. The van der Waals surface area contributed by atoms with Crippen LogP contribution in [0.2, 0.25) is 0 Å². The summed E-state index contributed by atoms with van der Waals surface area (Å²) in [5.74, 6) is -1.45. The van der Waals surface area contributed by atoms with Crippen molar-refractivity contribution >= 4 is 24.0 Å². The topological polar surface area (TPSA) is 138 Å². The van der Waals surface area contributed by atoms with Gasteiger partial charge in [0, 0.05) is 31.6 Å². The molecule has 3 aromatic carbocycles. The molecule has 0 aliphatic carbocycles. The molecule has 3 N–H and O–H groups in total. The Balaban J connectivity index is 1.44. The van der Waals surface area contributed by atoms with Gasteiger partial charge in [0.2, 0.25) is 11.8 Å². The smallest absolute Gasteiger partial charge is 0.410 e. The van der Waals surface area contributed by atoms with E-state index >= 15 is 0 Å². The maximum absolute atomic E-state index is 14.2. The van der Waals surface area contributed by atoms with Gasteiger partial charge in [-0.3, -0.25) is 9.59 Å². The van der Waals surface area contributed by atoms with Gasteiger partial charge < -0.3 is 35.0 Å². The molecule has 11 nitrogen and oxygen atoms in total. The third kappa shape index (κ3) is 13.7. The van der Waals surface area contributed by atoms with E-state index in [0.717, 1.165) is 16.7 Å². The summed E-state index contributed by atoms with van der Waals surface area (Å²) in [6.45, 7) is 12.6. The summed E-state index contributed by atoms with van der Waals surface area (Å²) in [5.41, 5.74) is 2.00. The largest absolute Gasteiger partial charge is 0.445 e. The number of carbonyl (C=O) groups excluding carboxylic acids is 4. The predicted octanol–water partition coefficient (Wildman–Crippen LogP) is 6.52. The van der Waals surface area contributed by atoms with Crippen LogP contribution in [0.25, 0.3) is 0 Å². The molecule has 1 saturated heterocycles. The molecule has 298 valence electrons. The lowest BCUT2D eigenvalue weighted by atomic mass is 9.88. The first-order chi connectivity index (χ1) is 26.2. The zero-order valence-corrected chi connectivity index (χ0v) is 33.3. The average molecular weight is 757 g/mol. The van der Waals surface area contributed by atoms with Crippen LogP contribution in [0.4, 0.5) is 9.59 Å². The van der Waals surface area contributed by atoms with Crippen molar-refractivity contribution in [2.24, 2.45) is 11.8 Å². The van der Waals surface area contributed by atoms with E-state index < -0.39 is 35.8 Å². The SMILES string of the molecule is CCN(C(=O)OCc1ccccc1)C1CCN(C(=O)[C@@H](NC(=O)C(Cc2ccccc2)CC(O)C(Cc2ccccc2)NC(=O)OC(C)(C)C)C(C)C)CC1. The lowest BCUT2D eigenvalue weighted by molar-refractivity contribution is -0.140. The molecule has 4 rings (SSSR count). The first kappa shape index (κ1) is 42.8. The van der Waals surface area contributed by atoms with Gasteiger partial charge in [0.15, 0.2) is 0 Å². The minimum Gasteiger partial charge on any atom is -0.445 e. The summed E-state index contributed by atoms with van der Waals surface area (Å²) < 4.78 is 11.1. The van der Waals surface area contributed by atoms with Crippen LogP contribution in [-0.2, 0) is 38.5 Å². The lowest BCUT2D eigenvalue weighted by Crippen LogP contribution is -2.56. The summed E-state index contributed by atoms with van der Waals surface area (Å²) in [7, 11) is 0. The van der Waals surface area contributed by atoms with Crippen LogP contribution in [0.3, 0.4) is 0 Å². The number of carbonyl (C=O) groups is 4. The number of nitrogens with zero attached hydrogens (tertiary/aromatic N) is 2. The van der Waals surface area contributed by atoms with E-state index in [1.54, 1.807) is 30.6 Å². The van der Waals surface area contributed by atoms with Crippen LogP contribution in [-0.4, -0.2) is 88.4 Å². The van der Waals surface area contributed by atoms with Gasteiger partial charge in [0.1, 0.15) is 18.2 Å². The Morgan fingerprint density at radius 2 is 1.35 bits per heavy atom. The highest BCUT2D eigenvalue weighted by atomic mass is 16.6. The number of hydrogen-bond acceptors (Lipinski definition) is 7. The van der Waals surface area contributed by atoms with Gasteiger partial charge in [-0.1, -0.05) is 105 Å². The second-order valence-corrected chi connectivity index (χ2v) is 15.7. The quantitative estimate of drug-likeness (QED) is 0.151. The van der Waals surface area contributed by atoms with Crippen molar-refractivity contribution in [3.8, 4) is 0 Å². The molecule has 0 aromatic heterocycles. The predicted molar refractivity (Wildman–Crippen MR) is 213 cm³/mol. The van der Waals surface area contributed by atoms with Crippen LogP contribution in [0.1, 0.15) is 77.5 Å². The fourth-order valence-electron chi connectivity index (χ4n) is 6.97. The van der Waals surface area contributed by atoms with Crippen molar-refractivity contribution in [3.05, 3.63) is 108 Å². The van der Waals surface area contributed by atoms with E-state index in [4.69, 9.17) is 9.47 Å². The maximum Gasteiger partial charge on any atom is 0.410 e. The number of rotatable bonds is 16. The normalized spacial score (nSPS) is 15.7. The first-order valence-electron chi connectivity index (χ1n) is 19.6. The van der Waals surface area contributed by atoms with Gasteiger partial charge in [-0.25, -0.2) is 9.59 Å². The van der Waals surface area contributed by atoms with Crippen molar-refractivity contribution in [3.63, 3.8) is 0 Å². The molecule has 55 heavy (non-hydrogen) atoms. The molecule has 0 saturated carbocycles. The van der Waals surface area contributed by atoms with E-state index in [0.29, 0.717) is 45.3 Å². The number of amides is 4. The zero-order valence-electron chi connectivity index (χ0n) is 33.3. The molecule has 0 bridgehead atoms. The molecule has 4 amide bonds. The van der Waals surface area contributed by atoms with Gasteiger partial charge in [-0.15, -0.1) is 0 Å². The average Bonchev–Trinajstić information content (AvgIpc) is 3.16. The minimum absolute atomic E-state index is 0.0334. The number of aliphatic hydroxyl groups is 1. The highest BCUT2D eigenvalue weighted by molar-refractivity contribution is 5.89. The van der Waals surface area contributed by atoms with E-state index in [9.17, 15) is 24.3 Å². The van der Waals surface area contributed by atoms with E-state index in [2.05, 4.69) is 10.6 Å². The maximum atomic E-state index is 14.2.